The van der Waals surface area contributed by atoms with Gasteiger partial charge in [-0.15, -0.1) is 0 Å². The first kappa shape index (κ1) is 13.2. The Labute approximate surface area is 114 Å². The molecule has 2 aromatic rings. The number of alkyl halides is 3. The van der Waals surface area contributed by atoms with Crippen LogP contribution in [0.15, 0.2) is 24.4 Å². The summed E-state index contributed by atoms with van der Waals surface area (Å²) in [6, 6.07) is 5.49. The number of benzene rings is 1. The molecule has 1 aliphatic heterocycles. The molecule has 106 valence electrons. The van der Waals surface area contributed by atoms with Crippen molar-refractivity contribution in [3.63, 3.8) is 0 Å². The first-order valence-electron chi connectivity index (χ1n) is 6.39. The van der Waals surface area contributed by atoms with E-state index in [1.54, 1.807) is 6.07 Å². The highest BCUT2D eigenvalue weighted by Gasteiger charge is 2.37. The van der Waals surface area contributed by atoms with E-state index in [9.17, 15) is 13.2 Å². The van der Waals surface area contributed by atoms with E-state index in [4.69, 9.17) is 0 Å². The Morgan fingerprint density at radius 2 is 2.05 bits per heavy atom. The summed E-state index contributed by atoms with van der Waals surface area (Å²) in [6.07, 6.45) is -2.22. The molecule has 0 amide bonds. The maximum atomic E-state index is 13.1. The van der Waals surface area contributed by atoms with Gasteiger partial charge in [-0.05, 0) is 35.7 Å². The quantitative estimate of drug-likeness (QED) is 0.871. The molecule has 1 aromatic heterocycles. The van der Waals surface area contributed by atoms with Gasteiger partial charge in [0.1, 0.15) is 5.69 Å². The minimum Gasteiger partial charge on any atom is -0.312 e. The van der Waals surface area contributed by atoms with Gasteiger partial charge in [0.15, 0.2) is 0 Å². The van der Waals surface area contributed by atoms with Crippen molar-refractivity contribution >= 4 is 0 Å². The fraction of sp³-hybridized carbons (Fsp3) is 0.357. The topological polar surface area (TPSA) is 29.9 Å². The summed E-state index contributed by atoms with van der Waals surface area (Å²) < 4.78 is 40.2. The van der Waals surface area contributed by atoms with E-state index in [1.165, 1.54) is 18.8 Å². The third kappa shape index (κ3) is 2.20. The van der Waals surface area contributed by atoms with Gasteiger partial charge < -0.3 is 5.32 Å². The molecule has 3 nitrogen and oxygen atoms in total. The number of aromatic nitrogens is 2. The lowest BCUT2D eigenvalue weighted by Crippen LogP contribution is -2.23. The lowest BCUT2D eigenvalue weighted by atomic mass is 9.95. The minimum atomic E-state index is -4.41. The maximum Gasteiger partial charge on any atom is 0.433 e. The number of hydrogen-bond donors (Lipinski definition) is 1. The van der Waals surface area contributed by atoms with Gasteiger partial charge in [0.25, 0.3) is 0 Å². The third-order valence-corrected chi connectivity index (χ3v) is 3.61. The van der Waals surface area contributed by atoms with Gasteiger partial charge in [-0.25, -0.2) is 0 Å². The average Bonchev–Trinajstić information content (AvgIpc) is 2.80. The lowest BCUT2D eigenvalue weighted by Gasteiger charge is -2.18. The smallest absolute Gasteiger partial charge is 0.312 e. The Hall–Kier alpha value is -1.82. The Morgan fingerprint density at radius 3 is 2.80 bits per heavy atom. The van der Waals surface area contributed by atoms with E-state index in [0.717, 1.165) is 23.2 Å². The van der Waals surface area contributed by atoms with Crippen LogP contribution in [-0.2, 0) is 26.2 Å². The summed E-state index contributed by atoms with van der Waals surface area (Å²) in [5, 5.41) is 6.98. The standard InChI is InChI=1S/C14H14F3N3/c1-20-13(14(15,16)17)12(8-19-20)10-3-2-9-4-5-18-7-11(9)6-10/h2-3,6,8,18H,4-5,7H2,1H3. The van der Waals surface area contributed by atoms with Crippen LogP contribution in [0, 0.1) is 0 Å². The number of aryl methyl sites for hydroxylation is 1. The molecule has 0 aliphatic carbocycles. The molecule has 1 aromatic carbocycles. The van der Waals surface area contributed by atoms with Crippen LogP contribution in [0.4, 0.5) is 13.2 Å². The van der Waals surface area contributed by atoms with Crippen molar-refractivity contribution in [3.8, 4) is 11.1 Å². The van der Waals surface area contributed by atoms with Gasteiger partial charge in [0.2, 0.25) is 0 Å². The Balaban J connectivity index is 2.10. The van der Waals surface area contributed by atoms with E-state index >= 15 is 0 Å². The van der Waals surface area contributed by atoms with Crippen molar-refractivity contribution in [3.05, 3.63) is 41.2 Å². The van der Waals surface area contributed by atoms with E-state index in [0.29, 0.717) is 12.1 Å². The maximum absolute atomic E-state index is 13.1. The second kappa shape index (κ2) is 4.63. The van der Waals surface area contributed by atoms with Crippen LogP contribution in [0.1, 0.15) is 16.8 Å². The number of hydrogen-bond acceptors (Lipinski definition) is 2. The minimum absolute atomic E-state index is 0.133. The Kier molecular flexibility index (Phi) is 3.05. The van der Waals surface area contributed by atoms with Crippen LogP contribution < -0.4 is 5.32 Å². The highest BCUT2D eigenvalue weighted by Crippen LogP contribution is 2.37. The Morgan fingerprint density at radius 1 is 1.25 bits per heavy atom. The monoisotopic (exact) mass is 281 g/mol. The fourth-order valence-corrected chi connectivity index (χ4v) is 2.63. The third-order valence-electron chi connectivity index (χ3n) is 3.61. The first-order valence-corrected chi connectivity index (χ1v) is 6.39. The molecular formula is C14H14F3N3. The fourth-order valence-electron chi connectivity index (χ4n) is 2.63. The summed E-state index contributed by atoms with van der Waals surface area (Å²) in [7, 11) is 1.31. The molecule has 0 saturated heterocycles. The number of nitrogens with one attached hydrogen (secondary N) is 1. The number of halogens is 3. The molecule has 1 aliphatic rings. The summed E-state index contributed by atoms with van der Waals surface area (Å²) in [4.78, 5) is 0. The molecule has 0 bridgehead atoms. The van der Waals surface area contributed by atoms with E-state index < -0.39 is 11.9 Å². The first-order chi connectivity index (χ1) is 9.47. The zero-order valence-corrected chi connectivity index (χ0v) is 11.0. The van der Waals surface area contributed by atoms with Crippen LogP contribution in [0.2, 0.25) is 0 Å². The molecule has 0 saturated carbocycles. The molecule has 0 atom stereocenters. The van der Waals surface area contributed by atoms with E-state index in [-0.39, 0.29) is 5.56 Å². The predicted molar refractivity (Wildman–Crippen MR) is 69.1 cm³/mol. The van der Waals surface area contributed by atoms with Gasteiger partial charge >= 0.3 is 6.18 Å². The van der Waals surface area contributed by atoms with Crippen molar-refractivity contribution in [2.45, 2.75) is 19.1 Å². The van der Waals surface area contributed by atoms with Gasteiger partial charge in [-0.3, -0.25) is 4.68 Å². The molecule has 0 fully saturated rings. The van der Waals surface area contributed by atoms with Crippen molar-refractivity contribution in [2.75, 3.05) is 6.54 Å². The van der Waals surface area contributed by atoms with Crippen LogP contribution >= 0.6 is 0 Å². The molecule has 6 heteroatoms. The summed E-state index contributed by atoms with van der Waals surface area (Å²) in [5.74, 6) is 0. The lowest BCUT2D eigenvalue weighted by molar-refractivity contribution is -0.143. The second-order valence-corrected chi connectivity index (χ2v) is 4.94. The molecule has 3 rings (SSSR count). The zero-order valence-electron chi connectivity index (χ0n) is 11.0. The highest BCUT2D eigenvalue weighted by molar-refractivity contribution is 5.67. The largest absolute Gasteiger partial charge is 0.433 e. The summed E-state index contributed by atoms with van der Waals surface area (Å²) >= 11 is 0. The molecule has 2 heterocycles. The highest BCUT2D eigenvalue weighted by atomic mass is 19.4. The Bertz CT molecular complexity index is 644. The molecule has 1 N–H and O–H groups in total. The normalized spacial score (nSPS) is 15.2. The summed E-state index contributed by atoms with van der Waals surface area (Å²) in [6.45, 7) is 1.61. The predicted octanol–water partition coefficient (Wildman–Crippen LogP) is 2.75. The van der Waals surface area contributed by atoms with Gasteiger partial charge in [0, 0.05) is 19.2 Å². The van der Waals surface area contributed by atoms with Crippen LogP contribution in [0.25, 0.3) is 11.1 Å². The van der Waals surface area contributed by atoms with Crippen LogP contribution in [0.5, 0.6) is 0 Å². The van der Waals surface area contributed by atoms with E-state index in [1.807, 2.05) is 12.1 Å². The van der Waals surface area contributed by atoms with Gasteiger partial charge in [-0.2, -0.15) is 18.3 Å². The van der Waals surface area contributed by atoms with Gasteiger partial charge in [0.05, 0.1) is 6.20 Å². The van der Waals surface area contributed by atoms with Crippen LogP contribution in [-0.4, -0.2) is 16.3 Å². The van der Waals surface area contributed by atoms with Crippen molar-refractivity contribution in [1.82, 2.24) is 15.1 Å². The molecule has 0 spiro atoms. The number of rotatable bonds is 1. The zero-order chi connectivity index (χ0) is 14.3. The number of nitrogens with zero attached hydrogens (tertiary/aromatic N) is 2. The summed E-state index contributed by atoms with van der Waals surface area (Å²) in [5.41, 5.74) is 2.25. The van der Waals surface area contributed by atoms with E-state index in [2.05, 4.69) is 10.4 Å². The van der Waals surface area contributed by atoms with Crippen molar-refractivity contribution < 1.29 is 13.2 Å². The van der Waals surface area contributed by atoms with Gasteiger partial charge in [-0.1, -0.05) is 12.1 Å². The molecular weight excluding hydrogens is 267 g/mol. The van der Waals surface area contributed by atoms with Crippen molar-refractivity contribution in [2.24, 2.45) is 7.05 Å². The number of fused-ring (bicyclic) bond motifs is 1. The second-order valence-electron chi connectivity index (χ2n) is 4.94. The SMILES string of the molecule is Cn1ncc(-c2ccc3c(c2)CNCC3)c1C(F)(F)F. The molecule has 0 unspecified atom stereocenters. The molecule has 0 radical (unpaired) electrons. The van der Waals surface area contributed by atoms with Crippen LogP contribution in [0.3, 0.4) is 0 Å². The van der Waals surface area contributed by atoms with Crippen molar-refractivity contribution in [1.29, 1.82) is 0 Å². The molecule has 20 heavy (non-hydrogen) atoms. The average molecular weight is 281 g/mol.